The van der Waals surface area contributed by atoms with Gasteiger partial charge < -0.3 is 0 Å². The summed E-state index contributed by atoms with van der Waals surface area (Å²) in [7, 11) is -4.13. The molecule has 1 aliphatic rings. The van der Waals surface area contributed by atoms with Crippen molar-refractivity contribution in [2.45, 2.75) is 17.4 Å². The molecule has 2 atom stereocenters. The molecule has 6 nitrogen and oxygen atoms in total. The molecule has 0 amide bonds. The van der Waals surface area contributed by atoms with Crippen LogP contribution >= 0.6 is 15.9 Å². The molecule has 2 aromatic rings. The smallest absolute Gasteiger partial charge is 0.258 e. The number of benzene rings is 2. The fourth-order valence-electron chi connectivity index (χ4n) is 2.76. The largest absolute Gasteiger partial charge is 0.289 e. The van der Waals surface area contributed by atoms with E-state index in [-0.39, 0.29) is 12.1 Å². The first-order valence-electron chi connectivity index (χ1n) is 6.90. The maximum Gasteiger partial charge on any atom is 0.289 e. The van der Waals surface area contributed by atoms with E-state index in [1.807, 2.05) is 0 Å². The summed E-state index contributed by atoms with van der Waals surface area (Å²) in [5.41, 5.74) is -1.38. The molecule has 2 aromatic carbocycles. The number of nitrogens with zero attached hydrogens (tertiary/aromatic N) is 2. The second-order valence-electron chi connectivity index (χ2n) is 5.61. The van der Waals surface area contributed by atoms with Crippen LogP contribution in [-0.4, -0.2) is 24.2 Å². The van der Waals surface area contributed by atoms with Crippen molar-refractivity contribution in [1.82, 2.24) is 4.31 Å². The molecule has 0 aliphatic carbocycles. The van der Waals surface area contributed by atoms with E-state index in [2.05, 4.69) is 15.9 Å². The maximum absolute atomic E-state index is 14.2. The standard InChI is InChI=1S/C15H12BrFN2O4S/c1-15(14-10(16)5-4-6-11(14)17)9-18(15)24(22,23)13-8-3-2-7-12(13)19(20)21/h2-8H,9H2,1H3. The number of sulfonamides is 1. The van der Waals surface area contributed by atoms with Gasteiger partial charge >= 0.3 is 0 Å². The Morgan fingerprint density at radius 3 is 2.54 bits per heavy atom. The van der Waals surface area contributed by atoms with Crippen LogP contribution in [0.5, 0.6) is 0 Å². The van der Waals surface area contributed by atoms with Gasteiger partial charge in [0.15, 0.2) is 4.90 Å². The number of hydrogen-bond acceptors (Lipinski definition) is 4. The van der Waals surface area contributed by atoms with Gasteiger partial charge in [-0.1, -0.05) is 34.1 Å². The van der Waals surface area contributed by atoms with Crippen LogP contribution in [-0.2, 0) is 15.6 Å². The first kappa shape index (κ1) is 17.0. The fraction of sp³-hybridized carbons (Fsp3) is 0.200. The van der Waals surface area contributed by atoms with Crippen LogP contribution in [0.3, 0.4) is 0 Å². The summed E-state index contributed by atoms with van der Waals surface area (Å²) in [6, 6.07) is 9.51. The zero-order valence-electron chi connectivity index (χ0n) is 12.4. The highest BCUT2D eigenvalue weighted by molar-refractivity contribution is 9.10. The highest BCUT2D eigenvalue weighted by atomic mass is 79.9. The Labute approximate surface area is 146 Å². The van der Waals surface area contributed by atoms with Gasteiger partial charge in [0.1, 0.15) is 5.82 Å². The van der Waals surface area contributed by atoms with Gasteiger partial charge in [0.05, 0.1) is 10.5 Å². The summed E-state index contributed by atoms with van der Waals surface area (Å²) >= 11 is 3.24. The second-order valence-corrected chi connectivity index (χ2v) is 8.29. The SMILES string of the molecule is CC1(c2c(F)cccc2Br)CN1S(=O)(=O)c1ccccc1[N+](=O)[O-]. The zero-order valence-corrected chi connectivity index (χ0v) is 14.8. The lowest BCUT2D eigenvalue weighted by Crippen LogP contribution is -2.22. The highest BCUT2D eigenvalue weighted by Gasteiger charge is 2.59. The van der Waals surface area contributed by atoms with E-state index in [0.29, 0.717) is 4.47 Å². The number of para-hydroxylation sites is 1. The van der Waals surface area contributed by atoms with Crippen molar-refractivity contribution in [3.63, 3.8) is 0 Å². The van der Waals surface area contributed by atoms with Gasteiger partial charge in [-0.2, -0.15) is 4.31 Å². The minimum atomic E-state index is -4.13. The highest BCUT2D eigenvalue weighted by Crippen LogP contribution is 2.50. The van der Waals surface area contributed by atoms with Gasteiger partial charge in [-0.3, -0.25) is 10.1 Å². The van der Waals surface area contributed by atoms with Gasteiger partial charge in [-0.25, -0.2) is 12.8 Å². The number of nitro benzene ring substituents is 1. The maximum atomic E-state index is 14.2. The van der Waals surface area contributed by atoms with Crippen molar-refractivity contribution in [2.24, 2.45) is 0 Å². The summed E-state index contributed by atoms with van der Waals surface area (Å²) in [5.74, 6) is -0.535. The quantitative estimate of drug-likeness (QED) is 0.436. The Morgan fingerprint density at radius 2 is 1.92 bits per heavy atom. The lowest BCUT2D eigenvalue weighted by molar-refractivity contribution is -0.387. The van der Waals surface area contributed by atoms with Crippen LogP contribution in [0.25, 0.3) is 0 Å². The van der Waals surface area contributed by atoms with Crippen molar-refractivity contribution in [3.05, 3.63) is 68.4 Å². The average molecular weight is 415 g/mol. The Balaban J connectivity index is 2.08. The molecular weight excluding hydrogens is 403 g/mol. The van der Waals surface area contributed by atoms with E-state index >= 15 is 0 Å². The Hall–Kier alpha value is -1.84. The summed E-state index contributed by atoms with van der Waals surface area (Å²) in [6.07, 6.45) is 0. The molecule has 9 heteroatoms. The van der Waals surface area contributed by atoms with E-state index in [9.17, 15) is 22.9 Å². The third-order valence-corrected chi connectivity index (χ3v) is 6.70. The van der Waals surface area contributed by atoms with Crippen molar-refractivity contribution < 1.29 is 17.7 Å². The van der Waals surface area contributed by atoms with Crippen molar-refractivity contribution in [2.75, 3.05) is 6.54 Å². The average Bonchev–Trinajstić information content (AvgIpc) is 3.20. The fourth-order valence-corrected chi connectivity index (χ4v) is 5.46. The molecule has 0 radical (unpaired) electrons. The molecule has 1 aliphatic heterocycles. The van der Waals surface area contributed by atoms with Crippen molar-refractivity contribution >= 4 is 31.6 Å². The predicted molar refractivity (Wildman–Crippen MR) is 88.4 cm³/mol. The summed E-state index contributed by atoms with van der Waals surface area (Å²) in [6.45, 7) is 1.63. The molecule has 2 unspecified atom stereocenters. The molecule has 1 saturated heterocycles. The monoisotopic (exact) mass is 414 g/mol. The molecule has 1 fully saturated rings. The lowest BCUT2D eigenvalue weighted by Gasteiger charge is -2.16. The number of rotatable bonds is 4. The molecule has 0 spiro atoms. The van der Waals surface area contributed by atoms with E-state index in [1.165, 1.54) is 30.3 Å². The van der Waals surface area contributed by atoms with Gasteiger partial charge in [-0.05, 0) is 25.1 Å². The van der Waals surface area contributed by atoms with Crippen molar-refractivity contribution in [3.8, 4) is 0 Å². The van der Waals surface area contributed by atoms with Crippen LogP contribution in [0.4, 0.5) is 10.1 Å². The molecular formula is C15H12BrFN2O4S. The Bertz CT molecular complexity index is 930. The van der Waals surface area contributed by atoms with E-state index < -0.39 is 36.9 Å². The summed E-state index contributed by atoms with van der Waals surface area (Å²) in [4.78, 5) is 9.97. The molecule has 0 saturated carbocycles. The molecule has 1 heterocycles. The van der Waals surface area contributed by atoms with Gasteiger partial charge in [0, 0.05) is 22.6 Å². The van der Waals surface area contributed by atoms with E-state index in [0.717, 1.165) is 10.4 Å². The van der Waals surface area contributed by atoms with Crippen LogP contribution in [0, 0.1) is 15.9 Å². The van der Waals surface area contributed by atoms with Crippen LogP contribution in [0.1, 0.15) is 12.5 Å². The Morgan fingerprint density at radius 1 is 1.25 bits per heavy atom. The van der Waals surface area contributed by atoms with Crippen LogP contribution in [0.2, 0.25) is 0 Å². The summed E-state index contributed by atoms with van der Waals surface area (Å²) in [5, 5.41) is 11.1. The minimum absolute atomic E-state index is 0.0426. The van der Waals surface area contributed by atoms with Crippen molar-refractivity contribution in [1.29, 1.82) is 0 Å². The van der Waals surface area contributed by atoms with Crippen LogP contribution in [0.15, 0.2) is 51.8 Å². The van der Waals surface area contributed by atoms with Gasteiger partial charge in [0.25, 0.3) is 15.7 Å². The molecule has 0 aromatic heterocycles. The summed E-state index contributed by atoms with van der Waals surface area (Å²) < 4.78 is 41.3. The molecule has 126 valence electrons. The molecule has 0 bridgehead atoms. The van der Waals surface area contributed by atoms with Crippen LogP contribution < -0.4 is 0 Å². The molecule has 24 heavy (non-hydrogen) atoms. The van der Waals surface area contributed by atoms with Gasteiger partial charge in [0.2, 0.25) is 0 Å². The minimum Gasteiger partial charge on any atom is -0.258 e. The third-order valence-electron chi connectivity index (χ3n) is 4.03. The van der Waals surface area contributed by atoms with E-state index in [4.69, 9.17) is 0 Å². The zero-order chi connectivity index (χ0) is 17.7. The molecule has 0 N–H and O–H groups in total. The first-order chi connectivity index (χ1) is 11.2. The topological polar surface area (TPSA) is 80.3 Å². The Kier molecular flexibility index (Phi) is 3.97. The normalized spacial score (nSPS) is 23.0. The second kappa shape index (κ2) is 5.61. The number of nitro groups is 1. The lowest BCUT2D eigenvalue weighted by atomic mass is 10.0. The molecule has 3 rings (SSSR count). The predicted octanol–water partition coefficient (Wildman–Crippen LogP) is 3.42. The first-order valence-corrected chi connectivity index (χ1v) is 9.13. The van der Waals surface area contributed by atoms with E-state index in [1.54, 1.807) is 13.0 Å². The number of halogens is 2. The third kappa shape index (κ3) is 2.52. The van der Waals surface area contributed by atoms with Gasteiger partial charge in [-0.15, -0.1) is 0 Å². The number of hydrogen-bond donors (Lipinski definition) is 0.